The fourth-order valence-electron chi connectivity index (χ4n) is 1.92. The van der Waals surface area contributed by atoms with Crippen molar-refractivity contribution in [1.29, 1.82) is 0 Å². The van der Waals surface area contributed by atoms with Crippen LogP contribution in [0.1, 0.15) is 15.9 Å². The van der Waals surface area contributed by atoms with E-state index in [1.807, 2.05) is 30.3 Å². The number of ether oxygens (including phenoxy) is 1. The lowest BCUT2D eigenvalue weighted by Crippen LogP contribution is -2.18. The highest BCUT2D eigenvalue weighted by molar-refractivity contribution is 7.92. The maximum Gasteiger partial charge on any atom is 0.337 e. The molecule has 2 aromatic carbocycles. The molecule has 116 valence electrons. The van der Waals surface area contributed by atoms with Gasteiger partial charge in [0.2, 0.25) is 10.0 Å². The van der Waals surface area contributed by atoms with Gasteiger partial charge in [0, 0.05) is 5.69 Å². The highest BCUT2D eigenvalue weighted by Crippen LogP contribution is 2.13. The van der Waals surface area contributed by atoms with E-state index >= 15 is 0 Å². The zero-order valence-electron chi connectivity index (χ0n) is 12.2. The van der Waals surface area contributed by atoms with Crippen LogP contribution in [0, 0.1) is 0 Å². The van der Waals surface area contributed by atoms with Gasteiger partial charge in [-0.1, -0.05) is 30.3 Å². The first-order valence-electron chi connectivity index (χ1n) is 6.73. The number of anilines is 1. The number of rotatable bonds is 6. The minimum Gasteiger partial charge on any atom is -0.465 e. The SMILES string of the molecule is COC(=O)c1ccc(NS(=O)(=O)CCc2ccccc2)cc1. The van der Waals surface area contributed by atoms with Gasteiger partial charge in [0.15, 0.2) is 0 Å². The maximum atomic E-state index is 12.0. The van der Waals surface area contributed by atoms with Gasteiger partial charge in [0.1, 0.15) is 0 Å². The molecule has 0 aliphatic heterocycles. The summed E-state index contributed by atoms with van der Waals surface area (Å²) in [4.78, 5) is 11.3. The summed E-state index contributed by atoms with van der Waals surface area (Å²) in [6, 6.07) is 15.5. The van der Waals surface area contributed by atoms with Gasteiger partial charge >= 0.3 is 5.97 Å². The van der Waals surface area contributed by atoms with Crippen molar-refractivity contribution in [3.63, 3.8) is 0 Å². The normalized spacial score (nSPS) is 11.0. The first-order valence-corrected chi connectivity index (χ1v) is 8.38. The molecule has 0 fully saturated rings. The van der Waals surface area contributed by atoms with E-state index in [4.69, 9.17) is 0 Å². The van der Waals surface area contributed by atoms with Crippen LogP contribution < -0.4 is 4.72 Å². The Morgan fingerprint density at radius 2 is 1.68 bits per heavy atom. The summed E-state index contributed by atoms with van der Waals surface area (Å²) in [6.45, 7) is 0. The molecule has 0 aromatic heterocycles. The Hall–Kier alpha value is -2.34. The quantitative estimate of drug-likeness (QED) is 0.830. The van der Waals surface area contributed by atoms with Crippen LogP contribution in [0.5, 0.6) is 0 Å². The van der Waals surface area contributed by atoms with Gasteiger partial charge in [-0.25, -0.2) is 13.2 Å². The second kappa shape index (κ2) is 7.09. The fourth-order valence-corrected chi connectivity index (χ4v) is 3.02. The van der Waals surface area contributed by atoms with E-state index in [1.54, 1.807) is 0 Å². The number of carbonyl (C=O) groups is 1. The lowest BCUT2D eigenvalue weighted by Gasteiger charge is -2.08. The molecule has 22 heavy (non-hydrogen) atoms. The van der Waals surface area contributed by atoms with Crippen LogP contribution in [0.25, 0.3) is 0 Å². The van der Waals surface area contributed by atoms with Crippen molar-refractivity contribution in [2.24, 2.45) is 0 Å². The Balaban J connectivity index is 1.98. The van der Waals surface area contributed by atoms with Gasteiger partial charge in [-0.2, -0.15) is 0 Å². The first kappa shape index (κ1) is 16.0. The molecule has 0 aliphatic rings. The van der Waals surface area contributed by atoms with E-state index < -0.39 is 16.0 Å². The molecule has 0 saturated heterocycles. The number of nitrogens with one attached hydrogen (secondary N) is 1. The third-order valence-corrected chi connectivity index (χ3v) is 4.37. The highest BCUT2D eigenvalue weighted by Gasteiger charge is 2.11. The van der Waals surface area contributed by atoms with Gasteiger partial charge in [-0.05, 0) is 36.2 Å². The lowest BCUT2D eigenvalue weighted by molar-refractivity contribution is 0.0601. The van der Waals surface area contributed by atoms with Crippen molar-refractivity contribution in [3.8, 4) is 0 Å². The number of hydrogen-bond acceptors (Lipinski definition) is 4. The van der Waals surface area contributed by atoms with Crippen molar-refractivity contribution < 1.29 is 17.9 Å². The molecule has 0 saturated carbocycles. The topological polar surface area (TPSA) is 72.5 Å². The molecular formula is C16H17NO4S. The number of methoxy groups -OCH3 is 1. The van der Waals surface area contributed by atoms with Crippen molar-refractivity contribution >= 4 is 21.7 Å². The van der Waals surface area contributed by atoms with E-state index in [2.05, 4.69) is 9.46 Å². The number of esters is 1. The molecule has 0 radical (unpaired) electrons. The van der Waals surface area contributed by atoms with E-state index in [9.17, 15) is 13.2 Å². The monoisotopic (exact) mass is 319 g/mol. The predicted octanol–water partition coefficient (Wildman–Crippen LogP) is 2.46. The number of sulfonamides is 1. The molecule has 0 unspecified atom stereocenters. The van der Waals surface area contributed by atoms with Crippen molar-refractivity contribution in [1.82, 2.24) is 0 Å². The van der Waals surface area contributed by atoms with Gasteiger partial charge in [-0.15, -0.1) is 0 Å². The van der Waals surface area contributed by atoms with Crippen LogP contribution in [0.2, 0.25) is 0 Å². The Kier molecular flexibility index (Phi) is 5.16. The summed E-state index contributed by atoms with van der Waals surface area (Å²) >= 11 is 0. The minimum atomic E-state index is -3.44. The molecule has 0 bridgehead atoms. The number of aryl methyl sites for hydroxylation is 1. The average molecular weight is 319 g/mol. The largest absolute Gasteiger partial charge is 0.465 e. The van der Waals surface area contributed by atoms with Crippen LogP contribution in [-0.4, -0.2) is 27.2 Å². The molecule has 0 aliphatic carbocycles. The van der Waals surface area contributed by atoms with E-state index in [0.29, 0.717) is 17.7 Å². The van der Waals surface area contributed by atoms with Crippen molar-refractivity contribution in [2.45, 2.75) is 6.42 Å². The summed E-state index contributed by atoms with van der Waals surface area (Å²) < 4.78 is 31.2. The van der Waals surface area contributed by atoms with E-state index in [-0.39, 0.29) is 5.75 Å². The van der Waals surface area contributed by atoms with Gasteiger partial charge in [-0.3, -0.25) is 4.72 Å². The van der Waals surface area contributed by atoms with Crippen molar-refractivity contribution in [3.05, 3.63) is 65.7 Å². The predicted molar refractivity (Wildman–Crippen MR) is 85.3 cm³/mol. The zero-order valence-corrected chi connectivity index (χ0v) is 13.0. The van der Waals surface area contributed by atoms with Crippen molar-refractivity contribution in [2.75, 3.05) is 17.6 Å². The number of benzene rings is 2. The Bertz CT molecular complexity index is 725. The van der Waals surface area contributed by atoms with Gasteiger partial charge < -0.3 is 4.74 Å². The highest BCUT2D eigenvalue weighted by atomic mass is 32.2. The molecule has 0 atom stereocenters. The molecule has 2 rings (SSSR count). The summed E-state index contributed by atoms with van der Waals surface area (Å²) in [5.41, 5.74) is 1.75. The smallest absolute Gasteiger partial charge is 0.337 e. The third kappa shape index (κ3) is 4.60. The summed E-state index contributed by atoms with van der Waals surface area (Å²) in [5.74, 6) is -0.464. The van der Waals surface area contributed by atoms with Crippen LogP contribution >= 0.6 is 0 Å². The Morgan fingerprint density at radius 3 is 2.27 bits per heavy atom. The fraction of sp³-hybridized carbons (Fsp3) is 0.188. The lowest BCUT2D eigenvalue weighted by atomic mass is 10.2. The maximum absolute atomic E-state index is 12.0. The summed E-state index contributed by atoms with van der Waals surface area (Å²) in [5, 5.41) is 0. The Morgan fingerprint density at radius 1 is 1.05 bits per heavy atom. The Labute approximate surface area is 130 Å². The molecule has 1 N–H and O–H groups in total. The number of hydrogen-bond donors (Lipinski definition) is 1. The van der Waals surface area contributed by atoms with E-state index in [0.717, 1.165) is 5.56 Å². The third-order valence-electron chi connectivity index (χ3n) is 3.08. The molecule has 6 heteroatoms. The molecule has 0 heterocycles. The van der Waals surface area contributed by atoms with Gasteiger partial charge in [0.25, 0.3) is 0 Å². The molecule has 0 amide bonds. The van der Waals surface area contributed by atoms with E-state index in [1.165, 1.54) is 31.4 Å². The second-order valence-electron chi connectivity index (χ2n) is 4.73. The molecular weight excluding hydrogens is 302 g/mol. The van der Waals surface area contributed by atoms with Gasteiger partial charge in [0.05, 0.1) is 18.4 Å². The summed E-state index contributed by atoms with van der Waals surface area (Å²) in [7, 11) is -2.14. The first-order chi connectivity index (χ1) is 10.5. The molecule has 2 aromatic rings. The van der Waals surface area contributed by atoms with Crippen LogP contribution in [-0.2, 0) is 21.2 Å². The van der Waals surface area contributed by atoms with Crippen LogP contribution in [0.4, 0.5) is 5.69 Å². The average Bonchev–Trinajstić information content (AvgIpc) is 2.54. The summed E-state index contributed by atoms with van der Waals surface area (Å²) in [6.07, 6.45) is 0.441. The standard InChI is InChI=1S/C16H17NO4S/c1-21-16(18)14-7-9-15(10-8-14)17-22(19,20)12-11-13-5-3-2-4-6-13/h2-10,17H,11-12H2,1H3. The minimum absolute atomic E-state index is 0.00420. The van der Waals surface area contributed by atoms with Crippen LogP contribution in [0.15, 0.2) is 54.6 Å². The number of carbonyl (C=O) groups excluding carboxylic acids is 1. The zero-order chi connectivity index (χ0) is 16.0. The molecule has 5 nitrogen and oxygen atoms in total. The molecule has 0 spiro atoms. The van der Waals surface area contributed by atoms with Crippen LogP contribution in [0.3, 0.4) is 0 Å². The second-order valence-corrected chi connectivity index (χ2v) is 6.57.